The average Bonchev–Trinajstić information content (AvgIpc) is 3.49. The number of benzene rings is 6. The van der Waals surface area contributed by atoms with Crippen LogP contribution in [0.3, 0.4) is 0 Å². The third-order valence-corrected chi connectivity index (χ3v) is 8.33. The number of para-hydroxylation sites is 1. The van der Waals surface area contributed by atoms with Gasteiger partial charge < -0.3 is 14.6 Å². The third-order valence-electron chi connectivity index (χ3n) is 8.33. The molecule has 3 heteroatoms. The molecule has 1 aliphatic rings. The van der Waals surface area contributed by atoms with Crippen molar-refractivity contribution in [3.05, 3.63) is 175 Å². The fraction of sp³-hybridized carbons (Fsp3) is 0.0244. The SMILES string of the molecule is C1=C(N(c2ccc(-c3ccccc3)cc2)c2ccc(-c3ccccc3)cc2-c2ccccc2)c2c(oc3ccccc23)CN1. The van der Waals surface area contributed by atoms with Gasteiger partial charge in [0.2, 0.25) is 0 Å². The van der Waals surface area contributed by atoms with Crippen LogP contribution in [0.25, 0.3) is 50.0 Å². The van der Waals surface area contributed by atoms with Crippen LogP contribution in [0.1, 0.15) is 11.3 Å². The van der Waals surface area contributed by atoms with E-state index in [9.17, 15) is 0 Å². The fourth-order valence-corrected chi connectivity index (χ4v) is 6.22. The number of furan rings is 1. The maximum absolute atomic E-state index is 6.38. The van der Waals surface area contributed by atoms with E-state index < -0.39 is 0 Å². The second kappa shape index (κ2) is 11.1. The Labute approximate surface area is 257 Å². The second-order valence-corrected chi connectivity index (χ2v) is 11.0. The van der Waals surface area contributed by atoms with E-state index in [1.54, 1.807) is 0 Å². The van der Waals surface area contributed by atoms with Crippen molar-refractivity contribution < 1.29 is 4.42 Å². The van der Waals surface area contributed by atoms with Crippen LogP contribution in [0.15, 0.2) is 168 Å². The molecule has 8 rings (SSSR count). The van der Waals surface area contributed by atoms with Gasteiger partial charge in [0.1, 0.15) is 11.3 Å². The first kappa shape index (κ1) is 25.9. The van der Waals surface area contributed by atoms with Crippen LogP contribution in [-0.2, 0) is 6.54 Å². The minimum atomic E-state index is 0.646. The number of rotatable bonds is 6. The molecule has 1 N–H and O–H groups in total. The molecule has 44 heavy (non-hydrogen) atoms. The molecule has 0 spiro atoms. The van der Waals surface area contributed by atoms with Crippen LogP contribution in [0.4, 0.5) is 11.4 Å². The van der Waals surface area contributed by atoms with Gasteiger partial charge in [-0.3, -0.25) is 0 Å². The number of nitrogens with one attached hydrogen (secondary N) is 1. The summed E-state index contributed by atoms with van der Waals surface area (Å²) in [6.07, 6.45) is 2.13. The monoisotopic (exact) mass is 566 g/mol. The number of anilines is 2. The fourth-order valence-electron chi connectivity index (χ4n) is 6.22. The van der Waals surface area contributed by atoms with Crippen molar-refractivity contribution in [2.75, 3.05) is 4.90 Å². The lowest BCUT2D eigenvalue weighted by atomic mass is 9.95. The summed E-state index contributed by atoms with van der Waals surface area (Å²) >= 11 is 0. The molecule has 3 nitrogen and oxygen atoms in total. The van der Waals surface area contributed by atoms with Crippen LogP contribution in [-0.4, -0.2) is 0 Å². The van der Waals surface area contributed by atoms with E-state index in [1.165, 1.54) is 22.3 Å². The lowest BCUT2D eigenvalue weighted by molar-refractivity contribution is 0.531. The molecular formula is C41H30N2O. The van der Waals surface area contributed by atoms with Crippen LogP contribution < -0.4 is 10.2 Å². The van der Waals surface area contributed by atoms with Crippen LogP contribution in [0.2, 0.25) is 0 Å². The Kier molecular flexibility index (Phi) is 6.54. The molecule has 210 valence electrons. The molecule has 2 heterocycles. The van der Waals surface area contributed by atoms with Crippen molar-refractivity contribution in [1.82, 2.24) is 5.32 Å². The molecule has 1 aromatic heterocycles. The highest BCUT2D eigenvalue weighted by Crippen LogP contribution is 2.45. The van der Waals surface area contributed by atoms with Gasteiger partial charge in [-0.1, -0.05) is 127 Å². The molecule has 0 fully saturated rings. The lowest BCUT2D eigenvalue weighted by Gasteiger charge is -2.32. The number of fused-ring (bicyclic) bond motifs is 3. The first-order valence-corrected chi connectivity index (χ1v) is 15.0. The Bertz CT molecular complexity index is 2090. The molecule has 7 aromatic rings. The highest BCUT2D eigenvalue weighted by atomic mass is 16.3. The van der Waals surface area contributed by atoms with Crippen molar-refractivity contribution >= 4 is 28.0 Å². The molecule has 0 saturated carbocycles. The second-order valence-electron chi connectivity index (χ2n) is 11.0. The summed E-state index contributed by atoms with van der Waals surface area (Å²) in [5.41, 5.74) is 12.3. The van der Waals surface area contributed by atoms with Gasteiger partial charge in [0, 0.05) is 22.8 Å². The molecule has 6 aromatic carbocycles. The molecule has 0 aliphatic carbocycles. The van der Waals surface area contributed by atoms with Gasteiger partial charge in [-0.2, -0.15) is 0 Å². The minimum absolute atomic E-state index is 0.646. The minimum Gasteiger partial charge on any atom is -0.458 e. The number of hydrogen-bond donors (Lipinski definition) is 1. The van der Waals surface area contributed by atoms with Crippen LogP contribution >= 0.6 is 0 Å². The lowest BCUT2D eigenvalue weighted by Crippen LogP contribution is -2.23. The highest BCUT2D eigenvalue weighted by Gasteiger charge is 2.28. The van der Waals surface area contributed by atoms with Gasteiger partial charge in [-0.15, -0.1) is 0 Å². The molecule has 0 amide bonds. The Morgan fingerprint density at radius 3 is 1.80 bits per heavy atom. The van der Waals surface area contributed by atoms with Gasteiger partial charge >= 0.3 is 0 Å². The van der Waals surface area contributed by atoms with Crippen molar-refractivity contribution in [2.24, 2.45) is 0 Å². The first-order chi connectivity index (χ1) is 21.8. The summed E-state index contributed by atoms with van der Waals surface area (Å²) in [7, 11) is 0. The van der Waals surface area contributed by atoms with Gasteiger partial charge in [0.25, 0.3) is 0 Å². The molecule has 0 bridgehead atoms. The quantitative estimate of drug-likeness (QED) is 0.217. The largest absolute Gasteiger partial charge is 0.458 e. The average molecular weight is 567 g/mol. The predicted octanol–water partition coefficient (Wildman–Crippen LogP) is 10.7. The van der Waals surface area contributed by atoms with Crippen molar-refractivity contribution in [3.63, 3.8) is 0 Å². The van der Waals surface area contributed by atoms with Crippen molar-refractivity contribution in [1.29, 1.82) is 0 Å². The van der Waals surface area contributed by atoms with Gasteiger partial charge in [0.05, 0.1) is 23.5 Å². The van der Waals surface area contributed by atoms with Crippen molar-refractivity contribution in [3.8, 4) is 33.4 Å². The van der Waals surface area contributed by atoms with E-state index in [0.29, 0.717) is 6.54 Å². The zero-order chi connectivity index (χ0) is 29.3. The molecule has 0 saturated heterocycles. The zero-order valence-electron chi connectivity index (χ0n) is 24.2. The van der Waals surface area contributed by atoms with Gasteiger partial charge in [0.15, 0.2) is 0 Å². The molecule has 1 aliphatic heterocycles. The molecular weight excluding hydrogens is 536 g/mol. The van der Waals surface area contributed by atoms with Gasteiger partial charge in [-0.05, 0) is 58.1 Å². The predicted molar refractivity (Wildman–Crippen MR) is 182 cm³/mol. The molecule has 0 radical (unpaired) electrons. The van der Waals surface area contributed by atoms with E-state index in [-0.39, 0.29) is 0 Å². The van der Waals surface area contributed by atoms with E-state index in [4.69, 9.17) is 4.42 Å². The summed E-state index contributed by atoms with van der Waals surface area (Å²) in [5.74, 6) is 0.941. The normalized spacial score (nSPS) is 12.3. The standard InChI is InChI=1S/C41H30N2O/c1-4-12-29(13-5-1)31-20-23-34(24-21-31)43(38-27-42-28-40-41(38)35-18-10-11-19-39(35)44-40)37-25-22-33(30-14-6-2-7-15-30)26-36(37)32-16-8-3-9-17-32/h1-27,42H,28H2. The van der Waals surface area contributed by atoms with E-state index in [0.717, 1.165) is 50.5 Å². The summed E-state index contributed by atoms with van der Waals surface area (Å²) < 4.78 is 6.38. The molecule has 0 unspecified atom stereocenters. The summed E-state index contributed by atoms with van der Waals surface area (Å²) in [6, 6.07) is 55.8. The maximum atomic E-state index is 6.38. The summed E-state index contributed by atoms with van der Waals surface area (Å²) in [6.45, 7) is 0.646. The van der Waals surface area contributed by atoms with E-state index in [2.05, 4.69) is 162 Å². The topological polar surface area (TPSA) is 28.4 Å². The summed E-state index contributed by atoms with van der Waals surface area (Å²) in [5, 5.41) is 4.62. The number of nitrogens with zero attached hydrogens (tertiary/aromatic N) is 1. The van der Waals surface area contributed by atoms with E-state index in [1.807, 2.05) is 12.1 Å². The van der Waals surface area contributed by atoms with Gasteiger partial charge in [-0.25, -0.2) is 0 Å². The van der Waals surface area contributed by atoms with Crippen LogP contribution in [0, 0.1) is 0 Å². The van der Waals surface area contributed by atoms with Crippen molar-refractivity contribution in [2.45, 2.75) is 6.54 Å². The Hall–Kier alpha value is -5.80. The third kappa shape index (κ3) is 4.65. The Morgan fingerprint density at radius 2 is 1.09 bits per heavy atom. The smallest absolute Gasteiger partial charge is 0.135 e. The zero-order valence-corrected chi connectivity index (χ0v) is 24.2. The highest BCUT2D eigenvalue weighted by molar-refractivity contribution is 6.02. The maximum Gasteiger partial charge on any atom is 0.135 e. The van der Waals surface area contributed by atoms with Crippen LogP contribution in [0.5, 0.6) is 0 Å². The Morgan fingerprint density at radius 1 is 0.523 bits per heavy atom. The van der Waals surface area contributed by atoms with E-state index >= 15 is 0 Å². The number of hydrogen-bond acceptors (Lipinski definition) is 3. The Balaban J connectivity index is 1.36. The summed E-state index contributed by atoms with van der Waals surface area (Å²) in [4.78, 5) is 2.37. The molecule has 0 atom stereocenters. The first-order valence-electron chi connectivity index (χ1n) is 15.0.